The first kappa shape index (κ1) is 16.9. The molecule has 0 saturated carbocycles. The molecule has 2 rings (SSSR count). The number of aryl methyl sites for hydroxylation is 2. The van der Waals surface area contributed by atoms with Crippen LogP contribution in [0.25, 0.3) is 0 Å². The molecule has 7 heteroatoms. The lowest BCUT2D eigenvalue weighted by atomic mass is 10.4. The summed E-state index contributed by atoms with van der Waals surface area (Å²) < 4.78 is 26.3. The molecular formula is C12H9Br2F2IN2. The Kier molecular flexibility index (Phi) is 6.75. The van der Waals surface area contributed by atoms with E-state index < -0.39 is 0 Å². The molecule has 0 N–H and O–H groups in total. The van der Waals surface area contributed by atoms with Gasteiger partial charge >= 0.3 is 0 Å². The predicted molar refractivity (Wildman–Crippen MR) is 86.0 cm³/mol. The molecule has 0 aliphatic rings. The number of rotatable bonds is 0. The number of pyridine rings is 2. The van der Waals surface area contributed by atoms with Crippen molar-refractivity contribution in [1.29, 1.82) is 0 Å². The highest BCUT2D eigenvalue weighted by Crippen LogP contribution is 2.18. The highest BCUT2D eigenvalue weighted by molar-refractivity contribution is 14.1. The molecule has 0 amide bonds. The van der Waals surface area contributed by atoms with Crippen molar-refractivity contribution in [3.05, 3.63) is 54.0 Å². The zero-order chi connectivity index (χ0) is 14.6. The third-order valence-corrected chi connectivity index (χ3v) is 3.81. The van der Waals surface area contributed by atoms with E-state index in [0.29, 0.717) is 3.57 Å². The van der Waals surface area contributed by atoms with Crippen molar-refractivity contribution < 1.29 is 8.78 Å². The topological polar surface area (TPSA) is 25.8 Å². The fourth-order valence-electron chi connectivity index (χ4n) is 1.09. The molecule has 2 aromatic rings. The van der Waals surface area contributed by atoms with E-state index in [1.165, 1.54) is 6.07 Å². The summed E-state index contributed by atoms with van der Waals surface area (Å²) in [7, 11) is 0. The van der Waals surface area contributed by atoms with Crippen LogP contribution in [0.1, 0.15) is 11.4 Å². The first-order chi connectivity index (χ1) is 8.81. The molecule has 0 aromatic carbocycles. The van der Waals surface area contributed by atoms with E-state index in [4.69, 9.17) is 0 Å². The number of hydrogen-bond acceptors (Lipinski definition) is 2. The Balaban J connectivity index is 0.000000191. The van der Waals surface area contributed by atoms with Gasteiger partial charge in [-0.15, -0.1) is 0 Å². The summed E-state index contributed by atoms with van der Waals surface area (Å²) in [6.07, 6.45) is 0. The molecule has 102 valence electrons. The Labute approximate surface area is 140 Å². The minimum absolute atomic E-state index is 0.280. The van der Waals surface area contributed by atoms with Crippen LogP contribution in [0.5, 0.6) is 0 Å². The second-order valence-electron chi connectivity index (χ2n) is 3.58. The molecule has 0 bridgehead atoms. The van der Waals surface area contributed by atoms with E-state index in [-0.39, 0.29) is 20.8 Å². The number of nitrogens with zero attached hydrogens (tertiary/aromatic N) is 2. The van der Waals surface area contributed by atoms with Crippen LogP contribution in [0.15, 0.2) is 27.4 Å². The van der Waals surface area contributed by atoms with E-state index in [9.17, 15) is 8.78 Å². The van der Waals surface area contributed by atoms with Crippen LogP contribution in [-0.4, -0.2) is 9.97 Å². The van der Waals surface area contributed by atoms with Crippen molar-refractivity contribution in [1.82, 2.24) is 9.97 Å². The molecular weight excluding hydrogens is 497 g/mol. The van der Waals surface area contributed by atoms with Gasteiger partial charge in [-0.05, 0) is 86.5 Å². The maximum atomic E-state index is 12.8. The van der Waals surface area contributed by atoms with E-state index in [1.54, 1.807) is 12.1 Å². The molecule has 0 aliphatic heterocycles. The Morgan fingerprint density at radius 2 is 1.58 bits per heavy atom. The minimum Gasteiger partial charge on any atom is -0.243 e. The van der Waals surface area contributed by atoms with Gasteiger partial charge in [-0.3, -0.25) is 0 Å². The Bertz CT molecular complexity index is 571. The van der Waals surface area contributed by atoms with Gasteiger partial charge < -0.3 is 0 Å². The van der Waals surface area contributed by atoms with Crippen LogP contribution < -0.4 is 0 Å². The van der Waals surface area contributed by atoms with Gasteiger partial charge in [0.2, 0.25) is 0 Å². The van der Waals surface area contributed by atoms with Crippen LogP contribution in [0.2, 0.25) is 0 Å². The van der Waals surface area contributed by atoms with E-state index in [1.807, 2.05) is 36.4 Å². The van der Waals surface area contributed by atoms with Gasteiger partial charge in [0.25, 0.3) is 0 Å². The van der Waals surface area contributed by atoms with Gasteiger partial charge in [0.05, 0.1) is 3.57 Å². The molecule has 2 nitrogen and oxygen atoms in total. The molecule has 0 fully saturated rings. The highest BCUT2D eigenvalue weighted by Gasteiger charge is 2.04. The second kappa shape index (κ2) is 7.58. The van der Waals surface area contributed by atoms with Crippen molar-refractivity contribution in [3.8, 4) is 0 Å². The normalized spacial score (nSPS) is 9.84. The molecule has 0 aliphatic carbocycles. The summed E-state index contributed by atoms with van der Waals surface area (Å²) in [5.74, 6) is -0.605. The van der Waals surface area contributed by atoms with Gasteiger partial charge in [0.1, 0.15) is 9.21 Å². The first-order valence-corrected chi connectivity index (χ1v) is 7.74. The molecule has 2 aromatic heterocycles. The monoisotopic (exact) mass is 504 g/mol. The van der Waals surface area contributed by atoms with Crippen molar-refractivity contribution in [2.45, 2.75) is 13.8 Å². The molecule has 0 saturated heterocycles. The third-order valence-electron chi connectivity index (χ3n) is 1.94. The van der Waals surface area contributed by atoms with E-state index in [0.717, 1.165) is 11.4 Å². The van der Waals surface area contributed by atoms with Crippen molar-refractivity contribution >= 4 is 54.5 Å². The molecule has 0 atom stereocenters. The molecule has 0 unspecified atom stereocenters. The summed E-state index contributed by atoms with van der Waals surface area (Å²) in [6.45, 7) is 3.64. The fourth-order valence-corrected chi connectivity index (χ4v) is 3.07. The van der Waals surface area contributed by atoms with Crippen molar-refractivity contribution in [2.24, 2.45) is 0 Å². The van der Waals surface area contributed by atoms with Crippen LogP contribution in [-0.2, 0) is 0 Å². The number of aromatic nitrogens is 2. The zero-order valence-corrected chi connectivity index (χ0v) is 15.3. The van der Waals surface area contributed by atoms with Gasteiger partial charge in [-0.2, -0.15) is 0 Å². The molecule has 0 radical (unpaired) electrons. The Morgan fingerprint density at radius 1 is 1.00 bits per heavy atom. The summed E-state index contributed by atoms with van der Waals surface area (Å²) in [5, 5.41) is 0. The largest absolute Gasteiger partial charge is 0.243 e. The van der Waals surface area contributed by atoms with Crippen LogP contribution in [0, 0.1) is 29.1 Å². The number of hydrogen-bond donors (Lipinski definition) is 0. The first-order valence-electron chi connectivity index (χ1n) is 5.08. The van der Waals surface area contributed by atoms with Gasteiger partial charge in [0.15, 0.2) is 11.6 Å². The Morgan fingerprint density at radius 3 is 2.05 bits per heavy atom. The lowest BCUT2D eigenvalue weighted by molar-refractivity contribution is 0.603. The average Bonchev–Trinajstić information content (AvgIpc) is 2.32. The van der Waals surface area contributed by atoms with Gasteiger partial charge in [0, 0.05) is 11.4 Å². The van der Waals surface area contributed by atoms with Crippen molar-refractivity contribution in [3.63, 3.8) is 0 Å². The van der Waals surface area contributed by atoms with E-state index >= 15 is 0 Å². The summed E-state index contributed by atoms with van der Waals surface area (Å²) in [4.78, 5) is 7.69. The van der Waals surface area contributed by atoms with Crippen molar-refractivity contribution in [2.75, 3.05) is 0 Å². The zero-order valence-electron chi connectivity index (χ0n) is 10.0. The van der Waals surface area contributed by atoms with Crippen LogP contribution in [0.3, 0.4) is 0 Å². The predicted octanol–water partition coefficient (Wildman–Crippen LogP) is 5.19. The minimum atomic E-state index is -0.319. The van der Waals surface area contributed by atoms with Gasteiger partial charge in [-0.25, -0.2) is 18.7 Å². The molecule has 0 spiro atoms. The maximum absolute atomic E-state index is 12.8. The van der Waals surface area contributed by atoms with E-state index in [2.05, 4.69) is 41.8 Å². The molecule has 19 heavy (non-hydrogen) atoms. The lowest BCUT2D eigenvalue weighted by Gasteiger charge is -1.97. The average molecular weight is 506 g/mol. The summed E-state index contributed by atoms with van der Waals surface area (Å²) in [5.41, 5.74) is 1.63. The van der Waals surface area contributed by atoms with Crippen LogP contribution in [0.4, 0.5) is 8.78 Å². The highest BCUT2D eigenvalue weighted by atomic mass is 127. The third kappa shape index (κ3) is 5.39. The lowest BCUT2D eigenvalue weighted by Crippen LogP contribution is -1.90. The smallest absolute Gasteiger partial charge is 0.169 e. The van der Waals surface area contributed by atoms with Gasteiger partial charge in [-0.1, -0.05) is 0 Å². The fraction of sp³-hybridized carbons (Fsp3) is 0.167. The van der Waals surface area contributed by atoms with Crippen LogP contribution >= 0.6 is 54.5 Å². The number of halogens is 5. The summed E-state index contributed by atoms with van der Waals surface area (Å²) in [6, 6.07) is 4.70. The standard InChI is InChI=1S/C6H4BrFIN.C6H5BrFN/c1-3-2-4(9)5(8)6(7)10-3;1-4-2-3-5(8)6(7)9-4/h2H,1H3;2-3H,1H3. The summed E-state index contributed by atoms with van der Waals surface area (Å²) >= 11 is 7.90. The Hall–Kier alpha value is -0.150. The second-order valence-corrected chi connectivity index (χ2v) is 6.24. The quantitative estimate of drug-likeness (QED) is 0.364. The SMILES string of the molecule is Cc1cc(I)c(F)c(Br)n1.Cc1ccc(F)c(Br)n1. The molecule has 2 heterocycles. The maximum Gasteiger partial charge on any atom is 0.169 e.